The maximum Gasteiger partial charge on any atom is 0.267 e. The Labute approximate surface area is 131 Å². The van der Waals surface area contributed by atoms with Gasteiger partial charge in [0.15, 0.2) is 0 Å². The first kappa shape index (κ1) is 16.1. The zero-order valence-corrected chi connectivity index (χ0v) is 13.1. The fourth-order valence-corrected chi connectivity index (χ4v) is 2.28. The second kappa shape index (κ2) is 7.62. The van der Waals surface area contributed by atoms with Crippen LogP contribution >= 0.6 is 0 Å². The summed E-state index contributed by atoms with van der Waals surface area (Å²) in [5, 5.41) is 15.2. The second-order valence-electron chi connectivity index (χ2n) is 5.67. The molecule has 1 heterocycles. The van der Waals surface area contributed by atoms with E-state index in [9.17, 15) is 10.1 Å². The largest absolute Gasteiger partial charge is 0.374 e. The van der Waals surface area contributed by atoms with E-state index < -0.39 is 0 Å². The van der Waals surface area contributed by atoms with Crippen LogP contribution in [0.4, 0.5) is 5.69 Å². The number of nitrogens with zero attached hydrogens (tertiary/aromatic N) is 2. The van der Waals surface area contributed by atoms with Crippen molar-refractivity contribution in [2.45, 2.75) is 19.8 Å². The summed E-state index contributed by atoms with van der Waals surface area (Å²) in [6.45, 7) is 7.60. The van der Waals surface area contributed by atoms with Crippen LogP contribution in [0.15, 0.2) is 36.0 Å². The highest BCUT2D eigenvalue weighted by molar-refractivity contribution is 6.06. The van der Waals surface area contributed by atoms with Crippen LogP contribution < -0.4 is 10.6 Å². The van der Waals surface area contributed by atoms with Crippen molar-refractivity contribution in [2.24, 2.45) is 0 Å². The molecule has 0 aromatic heterocycles. The van der Waals surface area contributed by atoms with Crippen molar-refractivity contribution in [3.05, 3.63) is 41.6 Å². The van der Waals surface area contributed by atoms with Crippen LogP contribution in [0.3, 0.4) is 0 Å². The van der Waals surface area contributed by atoms with Crippen molar-refractivity contribution in [3.8, 4) is 6.07 Å². The Morgan fingerprint density at radius 3 is 2.50 bits per heavy atom. The van der Waals surface area contributed by atoms with Gasteiger partial charge in [0, 0.05) is 38.1 Å². The lowest BCUT2D eigenvalue weighted by molar-refractivity contribution is -0.112. The monoisotopic (exact) mass is 298 g/mol. The number of hydrogen-bond acceptors (Lipinski definition) is 4. The number of carbonyl (C=O) groups is 1. The van der Waals surface area contributed by atoms with E-state index in [0.29, 0.717) is 11.6 Å². The van der Waals surface area contributed by atoms with Crippen molar-refractivity contribution in [1.82, 2.24) is 10.2 Å². The summed E-state index contributed by atoms with van der Waals surface area (Å²) in [6, 6.07) is 9.71. The number of carbonyl (C=O) groups excluding carboxylic acids is 1. The van der Waals surface area contributed by atoms with E-state index in [0.717, 1.165) is 26.2 Å². The van der Waals surface area contributed by atoms with Crippen LogP contribution in [-0.4, -0.2) is 37.0 Å². The number of amides is 1. The molecule has 22 heavy (non-hydrogen) atoms. The number of nitriles is 1. The molecule has 1 fully saturated rings. The van der Waals surface area contributed by atoms with Gasteiger partial charge in [0.25, 0.3) is 5.91 Å². The minimum Gasteiger partial charge on any atom is -0.374 e. The fraction of sp³-hybridized carbons (Fsp3) is 0.412. The number of anilines is 1. The van der Waals surface area contributed by atoms with E-state index in [1.54, 1.807) is 6.20 Å². The number of rotatable bonds is 4. The summed E-state index contributed by atoms with van der Waals surface area (Å²) in [5.41, 5.74) is 2.06. The highest BCUT2D eigenvalue weighted by Gasteiger charge is 2.13. The number of benzene rings is 1. The highest BCUT2D eigenvalue weighted by atomic mass is 16.1. The maximum absolute atomic E-state index is 12.2. The number of piperazine rings is 1. The van der Waals surface area contributed by atoms with E-state index in [-0.39, 0.29) is 11.5 Å². The van der Waals surface area contributed by atoms with Gasteiger partial charge in [0.05, 0.1) is 0 Å². The van der Waals surface area contributed by atoms with Crippen molar-refractivity contribution in [3.63, 3.8) is 0 Å². The lowest BCUT2D eigenvalue weighted by Gasteiger charge is -2.26. The topological polar surface area (TPSA) is 68.2 Å². The summed E-state index contributed by atoms with van der Waals surface area (Å²) < 4.78 is 0. The minimum atomic E-state index is -0.363. The Kier molecular flexibility index (Phi) is 5.56. The third-order valence-electron chi connectivity index (χ3n) is 3.66. The molecule has 1 aromatic rings. The molecular weight excluding hydrogens is 276 g/mol. The molecule has 0 unspecified atom stereocenters. The van der Waals surface area contributed by atoms with Gasteiger partial charge in [0.2, 0.25) is 0 Å². The molecule has 0 bridgehead atoms. The highest BCUT2D eigenvalue weighted by Crippen LogP contribution is 2.17. The molecular formula is C17H22N4O. The van der Waals surface area contributed by atoms with Crippen molar-refractivity contribution in [1.29, 1.82) is 5.26 Å². The van der Waals surface area contributed by atoms with E-state index in [4.69, 9.17) is 0 Å². The molecule has 5 heteroatoms. The number of hydrogen-bond donors (Lipinski definition) is 2. The molecule has 0 radical (unpaired) electrons. The average Bonchev–Trinajstić information content (AvgIpc) is 2.54. The van der Waals surface area contributed by atoms with Gasteiger partial charge in [-0.1, -0.05) is 26.0 Å². The third-order valence-corrected chi connectivity index (χ3v) is 3.66. The maximum atomic E-state index is 12.2. The first-order valence-corrected chi connectivity index (χ1v) is 7.58. The Morgan fingerprint density at radius 2 is 1.95 bits per heavy atom. The predicted octanol–water partition coefficient (Wildman–Crippen LogP) is 2.06. The Bertz CT molecular complexity index is 578. The Morgan fingerprint density at radius 1 is 1.32 bits per heavy atom. The zero-order chi connectivity index (χ0) is 15.9. The van der Waals surface area contributed by atoms with Crippen LogP contribution in [0.25, 0.3) is 0 Å². The smallest absolute Gasteiger partial charge is 0.267 e. The lowest BCUT2D eigenvalue weighted by atomic mass is 10.0. The first-order valence-electron chi connectivity index (χ1n) is 7.58. The van der Waals surface area contributed by atoms with E-state index >= 15 is 0 Å². The van der Waals surface area contributed by atoms with E-state index in [2.05, 4.69) is 24.5 Å². The van der Waals surface area contributed by atoms with Crippen molar-refractivity contribution >= 4 is 11.6 Å². The van der Waals surface area contributed by atoms with Gasteiger partial charge < -0.3 is 15.5 Å². The molecule has 0 aliphatic carbocycles. The van der Waals surface area contributed by atoms with Gasteiger partial charge in [-0.25, -0.2) is 0 Å². The minimum absolute atomic E-state index is 0.134. The van der Waals surface area contributed by atoms with Crippen LogP contribution in [0, 0.1) is 11.3 Å². The summed E-state index contributed by atoms with van der Waals surface area (Å²) in [6.07, 6.45) is 1.65. The van der Waals surface area contributed by atoms with Crippen LogP contribution in [0.1, 0.15) is 25.3 Å². The van der Waals surface area contributed by atoms with Crippen molar-refractivity contribution < 1.29 is 4.79 Å². The Hall–Kier alpha value is -2.32. The van der Waals surface area contributed by atoms with Gasteiger partial charge >= 0.3 is 0 Å². The molecule has 2 rings (SSSR count). The quantitative estimate of drug-likeness (QED) is 0.659. The van der Waals surface area contributed by atoms with Crippen molar-refractivity contribution in [2.75, 3.05) is 31.5 Å². The lowest BCUT2D eigenvalue weighted by Crippen LogP contribution is -2.41. The van der Waals surface area contributed by atoms with Gasteiger partial charge in [-0.3, -0.25) is 4.79 Å². The normalized spacial score (nSPS) is 15.5. The molecule has 1 aliphatic heterocycles. The van der Waals surface area contributed by atoms with Crippen LogP contribution in [0.5, 0.6) is 0 Å². The molecule has 2 N–H and O–H groups in total. The standard InChI is InChI=1S/C17H22N4O/c1-13(2)14-3-5-16(6-4-14)20-17(22)15(11-18)12-21-9-7-19-8-10-21/h3-6,12-13,19H,7-10H2,1-2H3,(H,20,22)/b15-12-. The van der Waals surface area contributed by atoms with Gasteiger partial charge in [-0.2, -0.15) is 5.26 Å². The molecule has 0 spiro atoms. The molecule has 0 saturated carbocycles. The molecule has 1 saturated heterocycles. The predicted molar refractivity (Wildman–Crippen MR) is 87.3 cm³/mol. The zero-order valence-electron chi connectivity index (χ0n) is 13.1. The average molecular weight is 298 g/mol. The van der Waals surface area contributed by atoms with E-state index in [1.165, 1.54) is 5.56 Å². The summed E-state index contributed by atoms with van der Waals surface area (Å²) in [4.78, 5) is 14.2. The molecule has 0 atom stereocenters. The molecule has 1 aromatic carbocycles. The summed E-state index contributed by atoms with van der Waals surface area (Å²) in [7, 11) is 0. The van der Waals surface area contributed by atoms with Gasteiger partial charge in [0.1, 0.15) is 11.6 Å². The molecule has 1 amide bonds. The van der Waals surface area contributed by atoms with E-state index in [1.807, 2.05) is 35.2 Å². The van der Waals surface area contributed by atoms with Crippen LogP contribution in [0.2, 0.25) is 0 Å². The van der Waals surface area contributed by atoms with Gasteiger partial charge in [-0.15, -0.1) is 0 Å². The number of nitrogens with one attached hydrogen (secondary N) is 2. The van der Waals surface area contributed by atoms with Crippen LogP contribution in [-0.2, 0) is 4.79 Å². The molecule has 1 aliphatic rings. The van der Waals surface area contributed by atoms with Gasteiger partial charge in [-0.05, 0) is 23.6 Å². The summed E-state index contributed by atoms with van der Waals surface area (Å²) >= 11 is 0. The molecule has 5 nitrogen and oxygen atoms in total. The molecule has 116 valence electrons. The Balaban J connectivity index is 2.02. The fourth-order valence-electron chi connectivity index (χ4n) is 2.28. The SMILES string of the molecule is CC(C)c1ccc(NC(=O)/C(C#N)=C\N2CCNCC2)cc1. The first-order chi connectivity index (χ1) is 10.6. The summed E-state index contributed by atoms with van der Waals surface area (Å²) in [5.74, 6) is 0.0883. The second-order valence-corrected chi connectivity index (χ2v) is 5.67. The third kappa shape index (κ3) is 4.34.